The summed E-state index contributed by atoms with van der Waals surface area (Å²) in [5.41, 5.74) is 1.64. The van der Waals surface area contributed by atoms with Crippen molar-refractivity contribution in [1.29, 1.82) is 0 Å². The Morgan fingerprint density at radius 2 is 1.87 bits per heavy atom. The van der Waals surface area contributed by atoms with Gasteiger partial charge >= 0.3 is 0 Å². The molecule has 2 aromatic rings. The molecule has 212 valence electrons. The van der Waals surface area contributed by atoms with Crippen LogP contribution >= 0.6 is 10.8 Å². The second-order valence-electron chi connectivity index (χ2n) is 11.0. The molecule has 3 N–H and O–H groups in total. The van der Waals surface area contributed by atoms with Crippen molar-refractivity contribution in [3.05, 3.63) is 48.2 Å². The highest BCUT2D eigenvalue weighted by molar-refractivity contribution is 8.12. The third kappa shape index (κ3) is 6.38. The number of likely N-dealkylation sites (tertiary alicyclic amines) is 1. The Morgan fingerprint density at radius 3 is 2.54 bits per heavy atom. The van der Waals surface area contributed by atoms with Crippen LogP contribution in [0.3, 0.4) is 0 Å². The van der Waals surface area contributed by atoms with Crippen LogP contribution in [0.15, 0.2) is 52.5 Å². The van der Waals surface area contributed by atoms with Gasteiger partial charge in [-0.3, -0.25) is 4.79 Å². The second kappa shape index (κ2) is 12.1. The maximum atomic E-state index is 13.7. The lowest BCUT2D eigenvalue weighted by Gasteiger charge is -2.42. The maximum Gasteiger partial charge on any atom is 0.240 e. The Bertz CT molecular complexity index is 1320. The zero-order valence-electron chi connectivity index (χ0n) is 22.9. The molecule has 0 radical (unpaired) electrons. The monoisotopic (exact) mass is 573 g/mol. The average molecular weight is 574 g/mol. The number of benzene rings is 1. The van der Waals surface area contributed by atoms with Crippen LogP contribution in [0.5, 0.6) is 0 Å². The Hall–Kier alpha value is -2.31. The van der Waals surface area contributed by atoms with E-state index in [1.54, 1.807) is 37.6 Å². The van der Waals surface area contributed by atoms with Gasteiger partial charge in [0.05, 0.1) is 23.6 Å². The quantitative estimate of drug-likeness (QED) is 0.370. The lowest BCUT2D eigenvalue weighted by molar-refractivity contribution is -0.121. The van der Waals surface area contributed by atoms with Crippen molar-refractivity contribution in [3.8, 4) is 0 Å². The second-order valence-corrected chi connectivity index (χ2v) is 14.4. The molecular weight excluding hydrogens is 534 g/mol. The number of anilines is 1. The Balaban J connectivity index is 1.29. The first-order valence-electron chi connectivity index (χ1n) is 13.8. The molecule has 1 aromatic heterocycles. The largest absolute Gasteiger partial charge is 0.332 e. The molecule has 39 heavy (non-hydrogen) atoms. The van der Waals surface area contributed by atoms with E-state index in [0.29, 0.717) is 29.5 Å². The van der Waals surface area contributed by atoms with Gasteiger partial charge in [0, 0.05) is 42.6 Å². The molecule has 2 unspecified atom stereocenters. The topological polar surface area (TPSA) is 113 Å². The zero-order valence-corrected chi connectivity index (χ0v) is 24.5. The summed E-state index contributed by atoms with van der Waals surface area (Å²) in [7, 11) is -2.81. The molecule has 11 heteroatoms. The van der Waals surface area contributed by atoms with Crippen LogP contribution in [-0.2, 0) is 19.0 Å². The van der Waals surface area contributed by atoms with Crippen molar-refractivity contribution >= 4 is 37.5 Å². The molecule has 0 bridgehead atoms. The van der Waals surface area contributed by atoms with E-state index in [1.807, 2.05) is 12.1 Å². The summed E-state index contributed by atoms with van der Waals surface area (Å²) in [6.07, 6.45) is 7.04. The Kier molecular flexibility index (Phi) is 8.72. The summed E-state index contributed by atoms with van der Waals surface area (Å²) in [5.74, 6) is 0.281. The van der Waals surface area contributed by atoms with Crippen LogP contribution in [0.1, 0.15) is 57.4 Å². The molecule has 2 atom stereocenters. The van der Waals surface area contributed by atoms with Crippen LogP contribution < -0.4 is 15.4 Å². The molecule has 1 saturated carbocycles. The number of rotatable bonds is 10. The highest BCUT2D eigenvalue weighted by atomic mass is 32.2. The Morgan fingerprint density at radius 1 is 1.15 bits per heavy atom. The van der Waals surface area contributed by atoms with Crippen LogP contribution in [0.4, 0.5) is 5.69 Å². The summed E-state index contributed by atoms with van der Waals surface area (Å²) in [4.78, 5) is 20.7. The van der Waals surface area contributed by atoms with Gasteiger partial charge in [0.1, 0.15) is 5.03 Å². The van der Waals surface area contributed by atoms with Gasteiger partial charge in [-0.05, 0) is 61.9 Å². The number of pyridine rings is 1. The third-order valence-corrected chi connectivity index (χ3v) is 11.0. The fourth-order valence-corrected chi connectivity index (χ4v) is 8.17. The van der Waals surface area contributed by atoms with Crippen LogP contribution in [-0.4, -0.2) is 62.1 Å². The first-order valence-corrected chi connectivity index (χ1v) is 16.4. The minimum atomic E-state index is -3.62. The fourth-order valence-electron chi connectivity index (χ4n) is 5.66. The van der Waals surface area contributed by atoms with Crippen molar-refractivity contribution in [2.24, 2.45) is 11.8 Å². The van der Waals surface area contributed by atoms with E-state index in [2.05, 4.69) is 39.1 Å². The molecule has 2 aliphatic heterocycles. The first-order chi connectivity index (χ1) is 18.7. The van der Waals surface area contributed by atoms with E-state index < -0.39 is 26.7 Å². The van der Waals surface area contributed by atoms with Crippen molar-refractivity contribution in [1.82, 2.24) is 19.9 Å². The molecule has 9 nitrogen and oxygen atoms in total. The summed E-state index contributed by atoms with van der Waals surface area (Å²) in [6, 6.07) is 11.1. The lowest BCUT2D eigenvalue weighted by atomic mass is 9.87. The van der Waals surface area contributed by atoms with E-state index in [-0.39, 0.29) is 10.8 Å². The van der Waals surface area contributed by atoms with E-state index in [9.17, 15) is 13.2 Å². The van der Waals surface area contributed by atoms with Gasteiger partial charge in [0.15, 0.2) is 5.11 Å². The number of fused-ring (bicyclic) bond motifs is 1. The number of amides is 1. The molecular formula is C28H39N5O4S2. The van der Waals surface area contributed by atoms with Gasteiger partial charge in [-0.15, -0.1) is 0 Å². The summed E-state index contributed by atoms with van der Waals surface area (Å²) < 4.78 is 34.4. The van der Waals surface area contributed by atoms with Gasteiger partial charge in [0.2, 0.25) is 15.9 Å². The number of carbonyl (C=O) groups excluding carboxylic acids is 1. The molecule has 0 spiro atoms. The molecule has 1 saturated heterocycles. The van der Waals surface area contributed by atoms with Crippen LogP contribution in [0, 0.1) is 11.8 Å². The van der Waals surface area contributed by atoms with Gasteiger partial charge in [0.25, 0.3) is 0 Å². The molecule has 1 aliphatic carbocycles. The first kappa shape index (κ1) is 28.2. The minimum absolute atomic E-state index is 0.125. The van der Waals surface area contributed by atoms with Crippen LogP contribution in [0.2, 0.25) is 0 Å². The van der Waals surface area contributed by atoms with Gasteiger partial charge in [-0.25, -0.2) is 18.1 Å². The number of carbonyl (C=O) groups is 1. The molecule has 2 fully saturated rings. The van der Waals surface area contributed by atoms with Crippen LogP contribution in [0.25, 0.3) is 0 Å². The fraction of sp³-hybridized carbons (Fsp3) is 0.536. The summed E-state index contributed by atoms with van der Waals surface area (Å²) in [6.45, 7) is 6.56. The van der Waals surface area contributed by atoms with Crippen molar-refractivity contribution in [2.75, 3.05) is 32.1 Å². The molecule has 3 aliphatic rings. The third-order valence-electron chi connectivity index (χ3n) is 8.01. The van der Waals surface area contributed by atoms with E-state index >= 15 is 0 Å². The molecule has 3 heterocycles. The SMILES string of the molecule is COS1=C(NC(=O)C(CC2CCCC2)c2ccc(S(=O)(=O)NCC3CN(C(C)C)C3)cc2)Nc2cccnc21. The number of aromatic nitrogens is 1. The summed E-state index contributed by atoms with van der Waals surface area (Å²) >= 11 is 0. The van der Waals surface area contributed by atoms with E-state index in [0.717, 1.165) is 48.6 Å². The standard InChI is InChI=1S/C28H39N5O4S2/c1-19(2)33-17-21(18-33)16-30-39(35,36)23-12-10-22(11-13-23)24(15-20-7-4-5-8-20)26(34)32-28-31-25-9-6-14-29-27(25)38(28)37-3/h6,9-14,19-21,24,30-31H,4-5,7-8,15-18H2,1-3H3,(H,32,34). The number of hydrogen-bond acceptors (Lipinski definition) is 7. The number of nitrogens with one attached hydrogen (secondary N) is 3. The number of hydrogen-bond donors (Lipinski definition) is 3. The molecule has 1 amide bonds. The summed E-state index contributed by atoms with van der Waals surface area (Å²) in [5, 5.41) is 7.69. The number of nitrogens with zero attached hydrogens (tertiary/aromatic N) is 2. The Labute approximate surface area is 234 Å². The normalized spacial score (nSPS) is 21.0. The van der Waals surface area contributed by atoms with Gasteiger partial charge < -0.3 is 19.7 Å². The number of sulfonamides is 1. The molecule has 5 rings (SSSR count). The van der Waals surface area contributed by atoms with Gasteiger partial charge in [-0.1, -0.05) is 37.8 Å². The highest BCUT2D eigenvalue weighted by Gasteiger charge is 2.32. The zero-order chi connectivity index (χ0) is 27.6. The predicted molar refractivity (Wildman–Crippen MR) is 155 cm³/mol. The van der Waals surface area contributed by atoms with Crippen molar-refractivity contribution in [2.45, 2.75) is 67.8 Å². The average Bonchev–Trinajstić information content (AvgIpc) is 3.53. The highest BCUT2D eigenvalue weighted by Crippen LogP contribution is 2.39. The van der Waals surface area contributed by atoms with Crippen molar-refractivity contribution in [3.63, 3.8) is 0 Å². The smallest absolute Gasteiger partial charge is 0.240 e. The lowest BCUT2D eigenvalue weighted by Crippen LogP contribution is -2.53. The predicted octanol–water partition coefficient (Wildman–Crippen LogP) is 3.88. The molecule has 1 aromatic carbocycles. The van der Waals surface area contributed by atoms with Crippen molar-refractivity contribution < 1.29 is 17.4 Å². The maximum absolute atomic E-state index is 13.7. The van der Waals surface area contributed by atoms with E-state index in [1.165, 1.54) is 12.8 Å². The van der Waals surface area contributed by atoms with E-state index in [4.69, 9.17) is 4.18 Å². The minimum Gasteiger partial charge on any atom is -0.332 e. The van der Waals surface area contributed by atoms with Gasteiger partial charge in [-0.2, -0.15) is 0 Å².